The molecule has 0 atom stereocenters. The van der Waals surface area contributed by atoms with Gasteiger partial charge in [0.1, 0.15) is 0 Å². The highest BCUT2D eigenvalue weighted by atomic mass is 16.4. The Morgan fingerprint density at radius 3 is 1.58 bits per heavy atom. The summed E-state index contributed by atoms with van der Waals surface area (Å²) in [7, 11) is 0. The number of anilines is 3. The van der Waals surface area contributed by atoms with Gasteiger partial charge in [0, 0.05) is 11.4 Å². The lowest BCUT2D eigenvalue weighted by Gasteiger charge is -2.41. The van der Waals surface area contributed by atoms with Gasteiger partial charge in [-0.15, -0.1) is 0 Å². The first-order valence-electron chi connectivity index (χ1n) is 12.9. The molecule has 1 aliphatic heterocycles. The van der Waals surface area contributed by atoms with Gasteiger partial charge in [-0.1, -0.05) is 36.4 Å². The molecular weight excluding hydrogens is 437 g/mol. The molecule has 182 valence electrons. The molecule has 0 aliphatic carbocycles. The van der Waals surface area contributed by atoms with Crippen molar-refractivity contribution in [2.75, 3.05) is 4.90 Å². The highest BCUT2D eigenvalue weighted by Crippen LogP contribution is 2.45. The standard InChI is InChI=1S/C33H36BNO/c1-19-21(3)25(7)32(26(8)22(19)4)35-30-18-14-13-17-29(30)34(36-28-15-11-10-12-16-28)31-24(6)20(2)23(5)27(9)33(31)35/h10-18H,1-9H3. The Kier molecular flexibility index (Phi) is 5.99. The molecule has 2 nitrogen and oxygen atoms in total. The van der Waals surface area contributed by atoms with E-state index in [2.05, 4.69) is 104 Å². The fraction of sp³-hybridized carbons (Fsp3) is 0.273. The molecule has 0 saturated heterocycles. The number of rotatable bonds is 3. The van der Waals surface area contributed by atoms with Gasteiger partial charge in [0.15, 0.2) is 0 Å². The molecule has 0 unspecified atom stereocenters. The Bertz CT molecular complexity index is 1470. The van der Waals surface area contributed by atoms with Crippen molar-refractivity contribution >= 4 is 34.9 Å². The van der Waals surface area contributed by atoms with Crippen LogP contribution in [-0.4, -0.2) is 6.92 Å². The first kappa shape index (κ1) is 24.2. The van der Waals surface area contributed by atoms with Gasteiger partial charge in [0.25, 0.3) is 0 Å². The summed E-state index contributed by atoms with van der Waals surface area (Å²) in [5.74, 6) is 0.890. The van der Waals surface area contributed by atoms with E-state index >= 15 is 0 Å². The zero-order chi connectivity index (χ0) is 25.9. The lowest BCUT2D eigenvalue weighted by Crippen LogP contribution is -2.55. The largest absolute Gasteiger partial charge is 0.551 e. The van der Waals surface area contributed by atoms with Gasteiger partial charge in [-0.2, -0.15) is 0 Å². The van der Waals surface area contributed by atoms with Gasteiger partial charge in [0.2, 0.25) is 0 Å². The van der Waals surface area contributed by atoms with Crippen LogP contribution in [0.15, 0.2) is 54.6 Å². The molecule has 0 amide bonds. The maximum absolute atomic E-state index is 6.82. The van der Waals surface area contributed by atoms with Gasteiger partial charge in [-0.3, -0.25) is 0 Å². The molecule has 0 fully saturated rings. The first-order chi connectivity index (χ1) is 17.1. The molecule has 4 aromatic carbocycles. The van der Waals surface area contributed by atoms with Crippen LogP contribution in [0.2, 0.25) is 0 Å². The Balaban J connectivity index is 1.90. The van der Waals surface area contributed by atoms with Crippen molar-refractivity contribution in [2.24, 2.45) is 0 Å². The van der Waals surface area contributed by atoms with Gasteiger partial charge in [-0.05, 0) is 142 Å². The maximum atomic E-state index is 6.82. The molecule has 0 saturated carbocycles. The minimum atomic E-state index is -0.180. The Morgan fingerprint density at radius 1 is 0.500 bits per heavy atom. The molecule has 0 N–H and O–H groups in total. The van der Waals surface area contributed by atoms with E-state index < -0.39 is 0 Å². The third-order valence-corrected chi connectivity index (χ3v) is 8.83. The minimum Gasteiger partial charge on any atom is -0.551 e. The van der Waals surface area contributed by atoms with Crippen molar-refractivity contribution in [1.29, 1.82) is 0 Å². The summed E-state index contributed by atoms with van der Waals surface area (Å²) in [5.41, 5.74) is 18.4. The average molecular weight is 473 g/mol. The summed E-state index contributed by atoms with van der Waals surface area (Å²) < 4.78 is 6.82. The molecule has 0 radical (unpaired) electrons. The summed E-state index contributed by atoms with van der Waals surface area (Å²) in [4.78, 5) is 2.54. The number of fused-ring (bicyclic) bond motifs is 2. The molecule has 0 spiro atoms. The van der Waals surface area contributed by atoms with Crippen molar-refractivity contribution in [3.8, 4) is 5.75 Å². The number of benzene rings is 4. The molecule has 1 heterocycles. The highest BCUT2D eigenvalue weighted by Gasteiger charge is 2.41. The average Bonchev–Trinajstić information content (AvgIpc) is 2.89. The van der Waals surface area contributed by atoms with Crippen LogP contribution in [0.3, 0.4) is 0 Å². The third-order valence-electron chi connectivity index (χ3n) is 8.83. The fourth-order valence-corrected chi connectivity index (χ4v) is 5.92. The molecule has 3 heteroatoms. The molecule has 0 bridgehead atoms. The van der Waals surface area contributed by atoms with Crippen molar-refractivity contribution in [3.63, 3.8) is 0 Å². The van der Waals surface area contributed by atoms with E-state index in [1.807, 2.05) is 18.2 Å². The van der Waals surface area contributed by atoms with Crippen LogP contribution >= 0.6 is 0 Å². The van der Waals surface area contributed by atoms with E-state index in [9.17, 15) is 0 Å². The van der Waals surface area contributed by atoms with Crippen molar-refractivity contribution in [2.45, 2.75) is 62.3 Å². The monoisotopic (exact) mass is 473 g/mol. The number of hydrogen-bond donors (Lipinski definition) is 0. The van der Waals surface area contributed by atoms with Gasteiger partial charge in [0.05, 0.1) is 11.4 Å². The SMILES string of the molecule is Cc1c(C)c(C)c(N2c3ccccc3B(Oc3ccccc3)c3c(C)c(C)c(C)c(C)c32)c(C)c1C. The van der Waals surface area contributed by atoms with E-state index in [4.69, 9.17) is 4.65 Å². The van der Waals surface area contributed by atoms with Crippen LogP contribution in [0.4, 0.5) is 17.1 Å². The van der Waals surface area contributed by atoms with E-state index in [1.54, 1.807) is 0 Å². The Morgan fingerprint density at radius 2 is 0.972 bits per heavy atom. The second-order valence-electron chi connectivity index (χ2n) is 10.4. The van der Waals surface area contributed by atoms with Crippen LogP contribution in [0.25, 0.3) is 0 Å². The summed E-state index contributed by atoms with van der Waals surface area (Å²) in [6.07, 6.45) is 0. The highest BCUT2D eigenvalue weighted by molar-refractivity contribution is 6.84. The lowest BCUT2D eigenvalue weighted by atomic mass is 9.50. The van der Waals surface area contributed by atoms with Crippen LogP contribution in [0, 0.1) is 62.3 Å². The lowest BCUT2D eigenvalue weighted by molar-refractivity contribution is 0.591. The van der Waals surface area contributed by atoms with Gasteiger partial charge < -0.3 is 9.55 Å². The topological polar surface area (TPSA) is 12.5 Å². The van der Waals surface area contributed by atoms with Crippen LogP contribution in [0.1, 0.15) is 50.1 Å². The molecule has 36 heavy (non-hydrogen) atoms. The zero-order valence-electron chi connectivity index (χ0n) is 23.1. The quantitative estimate of drug-likeness (QED) is 0.287. The van der Waals surface area contributed by atoms with E-state index in [-0.39, 0.29) is 6.92 Å². The number of nitrogens with zero attached hydrogens (tertiary/aromatic N) is 1. The van der Waals surface area contributed by atoms with Crippen LogP contribution < -0.4 is 20.5 Å². The van der Waals surface area contributed by atoms with Crippen molar-refractivity contribution in [1.82, 2.24) is 0 Å². The van der Waals surface area contributed by atoms with Crippen LogP contribution in [-0.2, 0) is 0 Å². The van der Waals surface area contributed by atoms with Gasteiger partial charge in [-0.25, -0.2) is 0 Å². The van der Waals surface area contributed by atoms with E-state index in [0.717, 1.165) is 5.75 Å². The van der Waals surface area contributed by atoms with Crippen molar-refractivity contribution in [3.05, 3.63) is 105 Å². The number of hydrogen-bond acceptors (Lipinski definition) is 2. The summed E-state index contributed by atoms with van der Waals surface area (Å²) in [5, 5.41) is 0. The fourth-order valence-electron chi connectivity index (χ4n) is 5.92. The second-order valence-corrected chi connectivity index (χ2v) is 10.4. The molecule has 4 aromatic rings. The third kappa shape index (κ3) is 3.48. The predicted molar refractivity (Wildman–Crippen MR) is 156 cm³/mol. The predicted octanol–water partition coefficient (Wildman–Crippen LogP) is 7.43. The molecule has 1 aliphatic rings. The maximum Gasteiger partial charge on any atom is 0.431 e. The number of para-hydroxylation sites is 2. The van der Waals surface area contributed by atoms with Gasteiger partial charge >= 0.3 is 6.92 Å². The smallest absolute Gasteiger partial charge is 0.431 e. The zero-order valence-corrected chi connectivity index (χ0v) is 23.1. The normalized spacial score (nSPS) is 12.5. The van der Waals surface area contributed by atoms with Crippen LogP contribution in [0.5, 0.6) is 5.75 Å². The Labute approximate surface area is 217 Å². The summed E-state index contributed by atoms with van der Waals surface area (Å²) in [6, 6.07) is 19.0. The second kappa shape index (κ2) is 8.89. The summed E-state index contributed by atoms with van der Waals surface area (Å²) >= 11 is 0. The molecule has 0 aromatic heterocycles. The van der Waals surface area contributed by atoms with E-state index in [0.29, 0.717) is 0 Å². The molecular formula is C33H36BNO. The van der Waals surface area contributed by atoms with E-state index in [1.165, 1.54) is 78.1 Å². The van der Waals surface area contributed by atoms with Crippen molar-refractivity contribution < 1.29 is 4.65 Å². The first-order valence-corrected chi connectivity index (χ1v) is 12.9. The minimum absolute atomic E-state index is 0.180. The summed E-state index contributed by atoms with van der Waals surface area (Å²) in [6.45, 7) is 20.2. The Hall–Kier alpha value is -3.46. The molecule has 5 rings (SSSR count).